The molecule has 2 amide bonds. The number of carbonyl (C=O) groups excluding carboxylic acids is 2. The van der Waals surface area contributed by atoms with Gasteiger partial charge in [0.25, 0.3) is 0 Å². The molecule has 3 aromatic carbocycles. The summed E-state index contributed by atoms with van der Waals surface area (Å²) in [7, 11) is 1.29. The summed E-state index contributed by atoms with van der Waals surface area (Å²) in [5.74, 6) is 0.421. The quantitative estimate of drug-likeness (QED) is 0.391. The van der Waals surface area contributed by atoms with Crippen molar-refractivity contribution >= 4 is 35.0 Å². The fourth-order valence-electron chi connectivity index (χ4n) is 2.90. The minimum atomic E-state index is -4.64. The molecular formula is C23H18ClF3N2O4. The molecule has 0 atom stereocenters. The Balaban J connectivity index is 1.66. The van der Waals surface area contributed by atoms with Crippen molar-refractivity contribution in [3.63, 3.8) is 0 Å². The number of ether oxygens (including phenoxy) is 2. The molecule has 0 spiro atoms. The summed E-state index contributed by atoms with van der Waals surface area (Å²) in [6.45, 7) is 1.73. The topological polar surface area (TPSA) is 76.7 Å². The smallest absolute Gasteiger partial charge is 0.417 e. The Labute approximate surface area is 192 Å². The predicted molar refractivity (Wildman–Crippen MR) is 118 cm³/mol. The molecule has 0 saturated carbocycles. The minimum Gasteiger partial charge on any atom is -0.465 e. The molecule has 0 aliphatic carbocycles. The second-order valence-electron chi connectivity index (χ2n) is 6.82. The molecule has 0 radical (unpaired) electrons. The molecule has 0 aliphatic rings. The molecule has 0 bridgehead atoms. The highest BCUT2D eigenvalue weighted by Crippen LogP contribution is 2.36. The number of carbonyl (C=O) groups is 2. The van der Waals surface area contributed by atoms with E-state index in [2.05, 4.69) is 10.6 Å². The van der Waals surface area contributed by atoms with Crippen LogP contribution in [-0.2, 0) is 10.9 Å². The Morgan fingerprint density at radius 2 is 1.58 bits per heavy atom. The Kier molecular flexibility index (Phi) is 7.13. The van der Waals surface area contributed by atoms with E-state index in [0.717, 1.165) is 12.1 Å². The number of benzene rings is 3. The van der Waals surface area contributed by atoms with Crippen LogP contribution in [0.2, 0.25) is 5.02 Å². The van der Waals surface area contributed by atoms with E-state index in [4.69, 9.17) is 21.1 Å². The van der Waals surface area contributed by atoms with Crippen molar-refractivity contribution in [1.29, 1.82) is 0 Å². The molecule has 3 rings (SSSR count). The van der Waals surface area contributed by atoms with Crippen LogP contribution in [0.1, 0.15) is 21.5 Å². The van der Waals surface area contributed by atoms with Gasteiger partial charge in [-0.1, -0.05) is 17.7 Å². The maximum absolute atomic E-state index is 13.0. The summed E-state index contributed by atoms with van der Waals surface area (Å²) in [5.41, 5.74) is 0.248. The highest BCUT2D eigenvalue weighted by molar-refractivity contribution is 6.31. The van der Waals surface area contributed by atoms with Crippen LogP contribution in [-0.4, -0.2) is 19.1 Å². The first-order valence-electron chi connectivity index (χ1n) is 9.49. The van der Waals surface area contributed by atoms with Gasteiger partial charge in [0.1, 0.15) is 11.5 Å². The van der Waals surface area contributed by atoms with Gasteiger partial charge in [-0.25, -0.2) is 9.59 Å². The third-order valence-corrected chi connectivity index (χ3v) is 4.89. The highest BCUT2D eigenvalue weighted by atomic mass is 35.5. The van der Waals surface area contributed by atoms with Gasteiger partial charge in [-0.15, -0.1) is 0 Å². The zero-order chi connectivity index (χ0) is 24.2. The SMILES string of the molecule is COC(=O)c1cccc(Oc2ccc(NC(=O)Nc3ccc(Cl)c(C(F)(F)F)c3)cc2)c1C. The van der Waals surface area contributed by atoms with E-state index in [1.807, 2.05) is 0 Å². The number of rotatable bonds is 5. The van der Waals surface area contributed by atoms with Gasteiger partial charge in [0.05, 0.1) is 23.3 Å². The fraction of sp³-hybridized carbons (Fsp3) is 0.130. The summed E-state index contributed by atoms with van der Waals surface area (Å²) < 4.78 is 49.4. The van der Waals surface area contributed by atoms with E-state index in [-0.39, 0.29) is 5.69 Å². The molecule has 0 saturated heterocycles. The molecule has 6 nitrogen and oxygen atoms in total. The zero-order valence-electron chi connectivity index (χ0n) is 17.4. The number of amides is 2. The van der Waals surface area contributed by atoms with Crippen LogP contribution in [0.4, 0.5) is 29.3 Å². The number of esters is 1. The molecule has 0 aromatic heterocycles. The Bertz CT molecular complexity index is 1180. The van der Waals surface area contributed by atoms with Crippen LogP contribution in [0.25, 0.3) is 0 Å². The lowest BCUT2D eigenvalue weighted by Crippen LogP contribution is -2.19. The van der Waals surface area contributed by atoms with Crippen molar-refractivity contribution in [1.82, 2.24) is 0 Å². The van der Waals surface area contributed by atoms with Crippen molar-refractivity contribution < 1.29 is 32.2 Å². The number of halogens is 4. The summed E-state index contributed by atoms with van der Waals surface area (Å²) >= 11 is 5.58. The lowest BCUT2D eigenvalue weighted by atomic mass is 10.1. The second-order valence-corrected chi connectivity index (χ2v) is 7.23. The van der Waals surface area contributed by atoms with Crippen LogP contribution < -0.4 is 15.4 Å². The zero-order valence-corrected chi connectivity index (χ0v) is 18.2. The molecule has 3 aromatic rings. The van der Waals surface area contributed by atoms with Crippen molar-refractivity contribution in [3.05, 3.63) is 82.4 Å². The van der Waals surface area contributed by atoms with Crippen LogP contribution in [0.15, 0.2) is 60.7 Å². The number of methoxy groups -OCH3 is 1. The predicted octanol–water partition coefficient (Wildman–Crippen LogP) is 6.89. The first kappa shape index (κ1) is 23.9. The van der Waals surface area contributed by atoms with Gasteiger partial charge in [0.15, 0.2) is 0 Å². The summed E-state index contributed by atoms with van der Waals surface area (Å²) in [5, 5.41) is 4.39. The number of anilines is 2. The number of nitrogens with one attached hydrogen (secondary N) is 2. The molecule has 2 N–H and O–H groups in total. The number of urea groups is 1. The standard InChI is InChI=1S/C23H18ClF3N2O4/c1-13-17(21(30)32-2)4-3-5-20(13)33-16-9-6-14(7-10-16)28-22(31)29-15-8-11-19(24)18(12-15)23(25,26)27/h3-12H,1-2H3,(H2,28,29,31). The van der Waals surface area contributed by atoms with E-state index >= 15 is 0 Å². The lowest BCUT2D eigenvalue weighted by Gasteiger charge is -2.13. The van der Waals surface area contributed by atoms with Gasteiger partial charge in [-0.2, -0.15) is 13.2 Å². The molecule has 0 fully saturated rings. The maximum atomic E-state index is 13.0. The van der Waals surface area contributed by atoms with Crippen molar-refractivity contribution in [2.45, 2.75) is 13.1 Å². The van der Waals surface area contributed by atoms with Gasteiger partial charge >= 0.3 is 18.2 Å². The van der Waals surface area contributed by atoms with Gasteiger partial charge in [0.2, 0.25) is 0 Å². The van der Waals surface area contributed by atoms with Gasteiger partial charge in [0, 0.05) is 16.9 Å². The minimum absolute atomic E-state index is 0.0647. The summed E-state index contributed by atoms with van der Waals surface area (Å²) in [4.78, 5) is 24.0. The van der Waals surface area contributed by atoms with Crippen LogP contribution in [0, 0.1) is 6.92 Å². The number of hydrogen-bond acceptors (Lipinski definition) is 4. The van der Waals surface area contributed by atoms with Crippen LogP contribution in [0.3, 0.4) is 0 Å². The third-order valence-electron chi connectivity index (χ3n) is 4.56. The van der Waals surface area contributed by atoms with E-state index in [9.17, 15) is 22.8 Å². The fourth-order valence-corrected chi connectivity index (χ4v) is 3.13. The molecule has 0 heterocycles. The van der Waals surface area contributed by atoms with E-state index in [1.54, 1.807) is 49.4 Å². The third kappa shape index (κ3) is 5.95. The normalized spacial score (nSPS) is 11.0. The number of alkyl halides is 3. The summed E-state index contributed by atoms with van der Waals surface area (Å²) in [6, 6.07) is 13.6. The van der Waals surface area contributed by atoms with Crippen molar-refractivity contribution in [2.75, 3.05) is 17.7 Å². The molecule has 10 heteroatoms. The molecule has 172 valence electrons. The largest absolute Gasteiger partial charge is 0.465 e. The highest BCUT2D eigenvalue weighted by Gasteiger charge is 2.33. The maximum Gasteiger partial charge on any atom is 0.417 e. The Morgan fingerprint density at radius 3 is 2.21 bits per heavy atom. The summed E-state index contributed by atoms with van der Waals surface area (Å²) in [6.07, 6.45) is -4.64. The molecular weight excluding hydrogens is 461 g/mol. The van der Waals surface area contributed by atoms with Crippen molar-refractivity contribution in [2.24, 2.45) is 0 Å². The molecule has 33 heavy (non-hydrogen) atoms. The van der Waals surface area contributed by atoms with E-state index in [1.165, 1.54) is 13.2 Å². The molecule has 0 aliphatic heterocycles. The number of hydrogen-bond donors (Lipinski definition) is 2. The van der Waals surface area contributed by atoms with Gasteiger partial charge in [-0.3, -0.25) is 0 Å². The van der Waals surface area contributed by atoms with Gasteiger partial charge in [-0.05, 0) is 61.5 Å². The van der Waals surface area contributed by atoms with Crippen molar-refractivity contribution in [3.8, 4) is 11.5 Å². The Hall–Kier alpha value is -3.72. The average molecular weight is 479 g/mol. The second kappa shape index (κ2) is 9.83. The lowest BCUT2D eigenvalue weighted by molar-refractivity contribution is -0.137. The van der Waals surface area contributed by atoms with E-state index < -0.39 is 28.8 Å². The van der Waals surface area contributed by atoms with Gasteiger partial charge < -0.3 is 20.1 Å². The first-order chi connectivity index (χ1) is 15.6. The van der Waals surface area contributed by atoms with Crippen LogP contribution in [0.5, 0.6) is 11.5 Å². The monoisotopic (exact) mass is 478 g/mol. The Morgan fingerprint density at radius 1 is 0.939 bits per heavy atom. The van der Waals surface area contributed by atoms with E-state index in [0.29, 0.717) is 28.3 Å². The average Bonchev–Trinajstić information content (AvgIpc) is 2.76. The molecule has 0 unspecified atom stereocenters. The van der Waals surface area contributed by atoms with Crippen LogP contribution >= 0.6 is 11.6 Å². The first-order valence-corrected chi connectivity index (χ1v) is 9.87.